The Morgan fingerprint density at radius 3 is 2.64 bits per heavy atom. The molecule has 0 saturated heterocycles. The summed E-state index contributed by atoms with van der Waals surface area (Å²) in [6, 6.07) is 4.60. The SMILES string of the molecule is Cl.N[C@@H]1C[C@@H](c2nc(-c3ccccn3)nn2CC(F)(F)F)CC[C@H]1O. The van der Waals surface area contributed by atoms with Gasteiger partial charge < -0.3 is 10.8 Å². The quantitative estimate of drug-likeness (QED) is 0.856. The maximum absolute atomic E-state index is 12.9. The molecule has 2 aromatic rings. The van der Waals surface area contributed by atoms with Crippen molar-refractivity contribution in [2.75, 3.05) is 0 Å². The highest BCUT2D eigenvalue weighted by Crippen LogP contribution is 2.33. The van der Waals surface area contributed by atoms with Gasteiger partial charge in [-0.2, -0.15) is 13.2 Å². The van der Waals surface area contributed by atoms with E-state index >= 15 is 0 Å². The number of pyridine rings is 1. The monoisotopic (exact) mass is 377 g/mol. The largest absolute Gasteiger partial charge is 0.408 e. The van der Waals surface area contributed by atoms with Crippen LogP contribution in [0, 0.1) is 0 Å². The summed E-state index contributed by atoms with van der Waals surface area (Å²) in [6.07, 6.45) is -2.17. The summed E-state index contributed by atoms with van der Waals surface area (Å²) in [4.78, 5) is 8.39. The van der Waals surface area contributed by atoms with E-state index in [-0.39, 0.29) is 30.0 Å². The Morgan fingerprint density at radius 1 is 1.28 bits per heavy atom. The first-order chi connectivity index (χ1) is 11.3. The van der Waals surface area contributed by atoms with Gasteiger partial charge in [-0.1, -0.05) is 6.07 Å². The predicted molar refractivity (Wildman–Crippen MR) is 87.1 cm³/mol. The van der Waals surface area contributed by atoms with Crippen molar-refractivity contribution in [1.29, 1.82) is 0 Å². The molecule has 1 aliphatic rings. The highest BCUT2D eigenvalue weighted by Gasteiger charge is 2.35. The van der Waals surface area contributed by atoms with Crippen LogP contribution >= 0.6 is 12.4 Å². The molecule has 2 heterocycles. The zero-order valence-corrected chi connectivity index (χ0v) is 14.0. The van der Waals surface area contributed by atoms with Gasteiger partial charge in [-0.25, -0.2) is 9.67 Å². The average molecular weight is 378 g/mol. The van der Waals surface area contributed by atoms with Gasteiger partial charge in [-0.05, 0) is 31.4 Å². The number of nitrogens with two attached hydrogens (primary N) is 1. The van der Waals surface area contributed by atoms with Crippen LogP contribution in [0.4, 0.5) is 13.2 Å². The zero-order valence-electron chi connectivity index (χ0n) is 13.2. The standard InChI is InChI=1S/C15H18F3N5O.ClH/c16-15(17,18)8-23-14(9-4-5-12(24)10(19)7-9)21-13(22-23)11-3-1-2-6-20-11;/h1-3,6,9-10,12,24H,4-5,7-8,19H2;1H/t9-,10+,12+;/m0./s1. The lowest BCUT2D eigenvalue weighted by Gasteiger charge is -2.30. The summed E-state index contributed by atoms with van der Waals surface area (Å²) >= 11 is 0. The Bertz CT molecular complexity index is 694. The minimum atomic E-state index is -4.40. The number of aromatic nitrogens is 4. The lowest BCUT2D eigenvalue weighted by atomic mass is 9.83. The van der Waals surface area contributed by atoms with Crippen LogP contribution in [-0.2, 0) is 6.54 Å². The van der Waals surface area contributed by atoms with Crippen molar-refractivity contribution in [3.63, 3.8) is 0 Å². The Kier molecular flexibility index (Phi) is 6.02. The van der Waals surface area contributed by atoms with Gasteiger partial charge in [0.05, 0.1) is 6.10 Å². The van der Waals surface area contributed by atoms with Crippen LogP contribution in [0.3, 0.4) is 0 Å². The maximum Gasteiger partial charge on any atom is 0.408 e. The van der Waals surface area contributed by atoms with Crippen molar-refractivity contribution in [2.24, 2.45) is 5.73 Å². The Labute approximate surface area is 148 Å². The van der Waals surface area contributed by atoms with E-state index in [0.717, 1.165) is 4.68 Å². The fourth-order valence-corrected chi connectivity index (χ4v) is 2.97. The van der Waals surface area contributed by atoms with E-state index in [1.54, 1.807) is 18.2 Å². The molecule has 0 aliphatic heterocycles. The minimum Gasteiger partial charge on any atom is -0.392 e. The number of alkyl halides is 3. The zero-order chi connectivity index (χ0) is 17.3. The molecule has 25 heavy (non-hydrogen) atoms. The van der Waals surface area contributed by atoms with Gasteiger partial charge >= 0.3 is 6.18 Å². The number of hydrogen-bond acceptors (Lipinski definition) is 5. The van der Waals surface area contributed by atoms with Gasteiger partial charge in [-0.3, -0.25) is 4.98 Å². The number of aliphatic hydroxyl groups excluding tert-OH is 1. The second kappa shape index (κ2) is 7.67. The Morgan fingerprint density at radius 2 is 2.04 bits per heavy atom. The summed E-state index contributed by atoms with van der Waals surface area (Å²) in [6.45, 7) is -1.21. The first-order valence-corrected chi connectivity index (χ1v) is 7.70. The van der Waals surface area contributed by atoms with Crippen LogP contribution in [0.15, 0.2) is 24.4 Å². The third-order valence-electron chi connectivity index (χ3n) is 4.15. The van der Waals surface area contributed by atoms with Crippen LogP contribution in [0.2, 0.25) is 0 Å². The van der Waals surface area contributed by atoms with E-state index < -0.39 is 24.9 Å². The van der Waals surface area contributed by atoms with Crippen LogP contribution in [0.5, 0.6) is 0 Å². The van der Waals surface area contributed by atoms with E-state index in [4.69, 9.17) is 5.73 Å². The average Bonchev–Trinajstić information content (AvgIpc) is 2.93. The van der Waals surface area contributed by atoms with E-state index in [1.165, 1.54) is 6.20 Å². The first-order valence-electron chi connectivity index (χ1n) is 7.70. The lowest BCUT2D eigenvalue weighted by molar-refractivity contribution is -0.143. The maximum atomic E-state index is 12.9. The minimum absolute atomic E-state index is 0. The van der Waals surface area contributed by atoms with Crippen LogP contribution in [0.1, 0.15) is 31.0 Å². The fourth-order valence-electron chi connectivity index (χ4n) is 2.97. The molecule has 3 atom stereocenters. The van der Waals surface area contributed by atoms with Crippen molar-refractivity contribution in [2.45, 2.75) is 50.0 Å². The smallest absolute Gasteiger partial charge is 0.392 e. The fraction of sp³-hybridized carbons (Fsp3) is 0.533. The first kappa shape index (κ1) is 19.6. The molecule has 138 valence electrons. The third-order valence-corrected chi connectivity index (χ3v) is 4.15. The molecule has 3 rings (SSSR count). The third kappa shape index (κ3) is 4.68. The van der Waals surface area contributed by atoms with Crippen LogP contribution in [0.25, 0.3) is 11.5 Å². The molecule has 1 saturated carbocycles. The van der Waals surface area contributed by atoms with Crippen molar-refractivity contribution in [3.8, 4) is 11.5 Å². The summed E-state index contributed by atoms with van der Waals surface area (Å²) in [5.74, 6) is 0.139. The van der Waals surface area contributed by atoms with Gasteiger partial charge in [0.15, 0.2) is 5.82 Å². The van der Waals surface area contributed by atoms with Gasteiger partial charge in [-0.15, -0.1) is 17.5 Å². The molecule has 10 heteroatoms. The second-order valence-electron chi connectivity index (χ2n) is 6.02. The molecule has 3 N–H and O–H groups in total. The molecule has 0 amide bonds. The summed E-state index contributed by atoms with van der Waals surface area (Å²) < 4.78 is 39.5. The molecular formula is C15H19ClF3N5O. The highest BCUT2D eigenvalue weighted by atomic mass is 35.5. The second-order valence-corrected chi connectivity index (χ2v) is 6.02. The van der Waals surface area contributed by atoms with Gasteiger partial charge in [0, 0.05) is 18.2 Å². The molecular weight excluding hydrogens is 359 g/mol. The molecule has 0 aromatic carbocycles. The van der Waals surface area contributed by atoms with Crippen LogP contribution < -0.4 is 5.73 Å². The number of halogens is 4. The number of nitrogens with zero attached hydrogens (tertiary/aromatic N) is 4. The molecule has 1 fully saturated rings. The normalized spacial score (nSPS) is 24.0. The van der Waals surface area contributed by atoms with Crippen LogP contribution in [-0.4, -0.2) is 43.2 Å². The van der Waals surface area contributed by atoms with Crippen molar-refractivity contribution < 1.29 is 18.3 Å². The van der Waals surface area contributed by atoms with Gasteiger partial charge in [0.25, 0.3) is 0 Å². The number of aliphatic hydroxyl groups is 1. The van der Waals surface area contributed by atoms with E-state index in [9.17, 15) is 18.3 Å². The molecule has 0 spiro atoms. The van der Waals surface area contributed by atoms with Crippen molar-refractivity contribution in [1.82, 2.24) is 19.7 Å². The van der Waals surface area contributed by atoms with Gasteiger partial charge in [0.2, 0.25) is 0 Å². The van der Waals surface area contributed by atoms with E-state index in [0.29, 0.717) is 25.0 Å². The van der Waals surface area contributed by atoms with E-state index in [1.807, 2.05) is 0 Å². The number of rotatable bonds is 3. The topological polar surface area (TPSA) is 89.9 Å². The molecule has 0 bridgehead atoms. The lowest BCUT2D eigenvalue weighted by Crippen LogP contribution is -2.40. The predicted octanol–water partition coefficient (Wildman–Crippen LogP) is 2.28. The molecule has 0 radical (unpaired) electrons. The number of hydrogen-bond donors (Lipinski definition) is 2. The summed E-state index contributed by atoms with van der Waals surface area (Å²) in [5, 5.41) is 13.7. The highest BCUT2D eigenvalue weighted by molar-refractivity contribution is 5.85. The molecule has 0 unspecified atom stereocenters. The molecule has 2 aromatic heterocycles. The van der Waals surface area contributed by atoms with Crippen molar-refractivity contribution >= 4 is 12.4 Å². The van der Waals surface area contributed by atoms with Gasteiger partial charge in [0.1, 0.15) is 18.1 Å². The van der Waals surface area contributed by atoms with E-state index in [2.05, 4.69) is 15.1 Å². The van der Waals surface area contributed by atoms with Crippen molar-refractivity contribution in [3.05, 3.63) is 30.2 Å². The molecule has 1 aliphatic carbocycles. The Hall–Kier alpha value is -1.71. The Balaban J connectivity index is 0.00000225. The molecule has 6 nitrogen and oxygen atoms in total. The summed E-state index contributed by atoms with van der Waals surface area (Å²) in [5.41, 5.74) is 6.28. The summed E-state index contributed by atoms with van der Waals surface area (Å²) in [7, 11) is 0.